The topological polar surface area (TPSA) is 59.2 Å². The first-order chi connectivity index (χ1) is 9.62. The van der Waals surface area contributed by atoms with E-state index in [-0.39, 0.29) is 37.7 Å². The third-order valence-corrected chi connectivity index (χ3v) is 4.07. The number of carbonyl (C=O) groups is 1. The van der Waals surface area contributed by atoms with E-state index >= 15 is 0 Å². The molecular formula is C14H19ClF3N3O. The van der Waals surface area contributed by atoms with Gasteiger partial charge in [-0.25, -0.2) is 0 Å². The predicted molar refractivity (Wildman–Crippen MR) is 79.6 cm³/mol. The maximum Gasteiger partial charge on any atom is 0.394 e. The summed E-state index contributed by atoms with van der Waals surface area (Å²) in [5.74, 6) is -1.84. The fraction of sp³-hybridized carbons (Fsp3) is 0.571. The van der Waals surface area contributed by atoms with Gasteiger partial charge in [0.1, 0.15) is 0 Å². The Balaban J connectivity index is 0.00000242. The summed E-state index contributed by atoms with van der Waals surface area (Å²) >= 11 is 0. The average molecular weight is 338 g/mol. The van der Waals surface area contributed by atoms with Crippen LogP contribution in [-0.2, 0) is 11.2 Å². The van der Waals surface area contributed by atoms with E-state index in [9.17, 15) is 18.0 Å². The molecule has 2 heterocycles. The van der Waals surface area contributed by atoms with Crippen molar-refractivity contribution in [1.29, 1.82) is 0 Å². The van der Waals surface area contributed by atoms with Crippen molar-refractivity contribution >= 4 is 24.0 Å². The van der Waals surface area contributed by atoms with E-state index in [2.05, 4.69) is 4.98 Å². The van der Waals surface area contributed by atoms with Gasteiger partial charge in [0.05, 0.1) is 24.2 Å². The monoisotopic (exact) mass is 337 g/mol. The lowest BCUT2D eigenvalue weighted by atomic mass is 9.87. The van der Waals surface area contributed by atoms with E-state index < -0.39 is 17.6 Å². The van der Waals surface area contributed by atoms with Crippen LogP contribution < -0.4 is 5.73 Å². The van der Waals surface area contributed by atoms with Crippen LogP contribution in [0.25, 0.3) is 0 Å². The molecule has 0 aromatic carbocycles. The molecule has 1 saturated heterocycles. The molecule has 2 N–H and O–H groups in total. The molecule has 8 heteroatoms. The molecule has 4 nitrogen and oxygen atoms in total. The summed E-state index contributed by atoms with van der Waals surface area (Å²) in [6, 6.07) is 3.22. The number of rotatable bonds is 2. The van der Waals surface area contributed by atoms with Gasteiger partial charge in [-0.15, -0.1) is 12.4 Å². The molecule has 0 bridgehead atoms. The number of carbonyl (C=O) groups excluding carboxylic acids is 1. The Morgan fingerprint density at radius 1 is 1.45 bits per heavy atom. The van der Waals surface area contributed by atoms with E-state index in [1.165, 1.54) is 24.9 Å². The van der Waals surface area contributed by atoms with E-state index in [1.807, 2.05) is 0 Å². The third-order valence-electron chi connectivity index (χ3n) is 4.07. The minimum absolute atomic E-state index is 0. The highest BCUT2D eigenvalue weighted by Crippen LogP contribution is 2.44. The van der Waals surface area contributed by atoms with Gasteiger partial charge in [0.2, 0.25) is 5.91 Å². The van der Waals surface area contributed by atoms with Crippen LogP contribution >= 0.6 is 12.4 Å². The van der Waals surface area contributed by atoms with Crippen LogP contribution in [0, 0.1) is 5.92 Å². The zero-order valence-electron chi connectivity index (χ0n) is 12.4. The van der Waals surface area contributed by atoms with Crippen molar-refractivity contribution in [1.82, 2.24) is 9.88 Å². The summed E-state index contributed by atoms with van der Waals surface area (Å²) in [6.07, 6.45) is -2.94. The third kappa shape index (κ3) is 3.63. The van der Waals surface area contributed by atoms with Crippen molar-refractivity contribution in [2.75, 3.05) is 12.3 Å². The quantitative estimate of drug-likeness (QED) is 0.902. The van der Waals surface area contributed by atoms with Gasteiger partial charge in [-0.2, -0.15) is 13.2 Å². The summed E-state index contributed by atoms with van der Waals surface area (Å²) in [5, 5.41) is 0. The van der Waals surface area contributed by atoms with Gasteiger partial charge in [0.15, 0.2) is 0 Å². The lowest BCUT2D eigenvalue weighted by Gasteiger charge is -2.36. The zero-order valence-corrected chi connectivity index (χ0v) is 13.2. The number of likely N-dealkylation sites (tertiary alicyclic amines) is 1. The highest BCUT2D eigenvalue weighted by molar-refractivity contribution is 5.85. The van der Waals surface area contributed by atoms with Crippen LogP contribution in [0.3, 0.4) is 0 Å². The van der Waals surface area contributed by atoms with Crippen molar-refractivity contribution in [2.45, 2.75) is 38.4 Å². The lowest BCUT2D eigenvalue weighted by Crippen LogP contribution is -2.50. The summed E-state index contributed by atoms with van der Waals surface area (Å²) in [6.45, 7) is 3.05. The standard InChI is InChI=1S/C14H18F3N3O.ClH/c1-13(2)11(14(15,16)17)5-6-20(13)12(21)7-10-4-3-9(18)8-19-10;/h3-4,8,11H,5-7,18H2,1-2H3;1H. The molecule has 0 spiro atoms. The molecule has 1 aliphatic heterocycles. The molecule has 1 amide bonds. The van der Waals surface area contributed by atoms with E-state index in [4.69, 9.17) is 5.73 Å². The molecule has 1 aromatic rings. The minimum atomic E-state index is -4.29. The summed E-state index contributed by atoms with van der Waals surface area (Å²) < 4.78 is 39.0. The van der Waals surface area contributed by atoms with Gasteiger partial charge in [0.25, 0.3) is 0 Å². The highest BCUT2D eigenvalue weighted by atomic mass is 35.5. The number of halogens is 4. The van der Waals surface area contributed by atoms with Crippen LogP contribution in [-0.4, -0.2) is 34.1 Å². The van der Waals surface area contributed by atoms with Gasteiger partial charge < -0.3 is 10.6 Å². The van der Waals surface area contributed by atoms with Gasteiger partial charge in [-0.1, -0.05) is 0 Å². The highest BCUT2D eigenvalue weighted by Gasteiger charge is 2.55. The van der Waals surface area contributed by atoms with Crippen molar-refractivity contribution in [3.8, 4) is 0 Å². The zero-order chi connectivity index (χ0) is 15.8. The fourth-order valence-corrected chi connectivity index (χ4v) is 2.89. The minimum Gasteiger partial charge on any atom is -0.397 e. The Bertz CT molecular complexity index is 531. The summed E-state index contributed by atoms with van der Waals surface area (Å²) in [5.41, 5.74) is 5.25. The van der Waals surface area contributed by atoms with Crippen molar-refractivity contribution < 1.29 is 18.0 Å². The molecule has 22 heavy (non-hydrogen) atoms. The first kappa shape index (κ1) is 18.5. The molecule has 1 atom stereocenters. The van der Waals surface area contributed by atoms with E-state index in [0.29, 0.717) is 11.4 Å². The van der Waals surface area contributed by atoms with Gasteiger partial charge in [-0.05, 0) is 32.4 Å². The second kappa shape index (κ2) is 6.32. The maximum absolute atomic E-state index is 13.0. The Morgan fingerprint density at radius 2 is 2.09 bits per heavy atom. The maximum atomic E-state index is 13.0. The number of nitrogens with two attached hydrogens (primary N) is 1. The molecule has 0 saturated carbocycles. The number of nitrogens with zero attached hydrogens (tertiary/aromatic N) is 2. The van der Waals surface area contributed by atoms with Gasteiger partial charge in [-0.3, -0.25) is 9.78 Å². The number of alkyl halides is 3. The van der Waals surface area contributed by atoms with Crippen molar-refractivity contribution in [3.63, 3.8) is 0 Å². The predicted octanol–water partition coefficient (Wildman–Crippen LogP) is 2.82. The smallest absolute Gasteiger partial charge is 0.394 e. The molecule has 124 valence electrons. The van der Waals surface area contributed by atoms with Gasteiger partial charge in [0, 0.05) is 17.8 Å². The van der Waals surface area contributed by atoms with Crippen molar-refractivity contribution in [2.24, 2.45) is 5.92 Å². The van der Waals surface area contributed by atoms with Crippen LogP contribution in [0.2, 0.25) is 0 Å². The van der Waals surface area contributed by atoms with Crippen LogP contribution in [0.4, 0.5) is 18.9 Å². The SMILES string of the molecule is CC1(C)C(C(F)(F)F)CCN1C(=O)Cc1ccc(N)cn1.Cl. The molecule has 0 aliphatic carbocycles. The normalized spacial score (nSPS) is 20.6. The first-order valence-electron chi connectivity index (χ1n) is 6.70. The summed E-state index contributed by atoms with van der Waals surface area (Å²) in [7, 11) is 0. The van der Waals surface area contributed by atoms with E-state index in [0.717, 1.165) is 0 Å². The second-order valence-electron chi connectivity index (χ2n) is 5.84. The van der Waals surface area contributed by atoms with Crippen LogP contribution in [0.1, 0.15) is 26.0 Å². The van der Waals surface area contributed by atoms with Crippen molar-refractivity contribution in [3.05, 3.63) is 24.0 Å². The number of hydrogen-bond donors (Lipinski definition) is 1. The van der Waals surface area contributed by atoms with Gasteiger partial charge >= 0.3 is 6.18 Å². The average Bonchev–Trinajstić information content (AvgIpc) is 2.67. The molecule has 1 unspecified atom stereocenters. The number of aromatic nitrogens is 1. The molecular weight excluding hydrogens is 319 g/mol. The number of hydrogen-bond acceptors (Lipinski definition) is 3. The Labute approximate surface area is 133 Å². The Kier molecular flexibility index (Phi) is 5.33. The number of anilines is 1. The molecule has 0 radical (unpaired) electrons. The first-order valence-corrected chi connectivity index (χ1v) is 6.70. The number of nitrogen functional groups attached to an aromatic ring is 1. The Hall–Kier alpha value is -1.50. The fourth-order valence-electron chi connectivity index (χ4n) is 2.89. The lowest BCUT2D eigenvalue weighted by molar-refractivity contribution is -0.192. The molecule has 1 fully saturated rings. The summed E-state index contributed by atoms with van der Waals surface area (Å²) in [4.78, 5) is 17.6. The largest absolute Gasteiger partial charge is 0.397 e. The number of pyridine rings is 1. The van der Waals surface area contributed by atoms with Crippen LogP contribution in [0.15, 0.2) is 18.3 Å². The molecule has 1 aromatic heterocycles. The molecule has 2 rings (SSSR count). The molecule has 1 aliphatic rings. The van der Waals surface area contributed by atoms with E-state index in [1.54, 1.807) is 12.1 Å². The van der Waals surface area contributed by atoms with Crippen LogP contribution in [0.5, 0.6) is 0 Å². The number of amides is 1. The second-order valence-corrected chi connectivity index (χ2v) is 5.84. The Morgan fingerprint density at radius 3 is 2.55 bits per heavy atom.